The van der Waals surface area contributed by atoms with Gasteiger partial charge in [0.15, 0.2) is 6.10 Å². The predicted molar refractivity (Wildman–Crippen MR) is 111 cm³/mol. The molecule has 2 aromatic carbocycles. The van der Waals surface area contributed by atoms with Crippen LogP contribution in [0, 0.1) is 0 Å². The zero-order valence-electron chi connectivity index (χ0n) is 17.4. The Morgan fingerprint density at radius 3 is 2.14 bits per heavy atom. The number of methoxy groups -OCH3 is 1. The second-order valence-electron chi connectivity index (χ2n) is 7.86. The van der Waals surface area contributed by atoms with Crippen LogP contribution < -0.4 is 0 Å². The molecule has 0 fully saturated rings. The number of aliphatic hydroxyl groups is 1. The molecule has 0 heterocycles. The average molecular weight is 399 g/mol. The Labute approximate surface area is 172 Å². The first-order chi connectivity index (χ1) is 13.7. The number of nitrogens with zero attached hydrogens (tertiary/aromatic N) is 1. The van der Waals surface area contributed by atoms with E-state index < -0.39 is 23.6 Å². The van der Waals surface area contributed by atoms with Crippen LogP contribution in [0.1, 0.15) is 26.3 Å². The molecule has 2 rings (SSSR count). The van der Waals surface area contributed by atoms with Gasteiger partial charge in [0.05, 0.1) is 13.7 Å². The van der Waals surface area contributed by atoms with Gasteiger partial charge in [-0.15, -0.1) is 0 Å². The molecule has 0 unspecified atom stereocenters. The minimum Gasteiger partial charge on any atom is -0.467 e. The molecule has 156 valence electrons. The number of hydrogen-bond acceptors (Lipinski definition) is 6. The first kappa shape index (κ1) is 22.6. The number of rotatable bonds is 8. The minimum absolute atomic E-state index is 0.0354. The molecule has 0 aliphatic heterocycles. The highest BCUT2D eigenvalue weighted by atomic mass is 16.6. The Kier molecular flexibility index (Phi) is 7.93. The number of carbonyl (C=O) groups is 2. The van der Waals surface area contributed by atoms with Crippen molar-refractivity contribution >= 4 is 11.9 Å². The fourth-order valence-corrected chi connectivity index (χ4v) is 2.89. The van der Waals surface area contributed by atoms with E-state index in [-0.39, 0.29) is 13.1 Å². The summed E-state index contributed by atoms with van der Waals surface area (Å²) in [6.45, 7) is 5.67. The molecule has 0 saturated carbocycles. The molecule has 0 aromatic heterocycles. The molecule has 0 radical (unpaired) electrons. The van der Waals surface area contributed by atoms with E-state index >= 15 is 0 Å². The Hall–Kier alpha value is -2.70. The molecule has 6 nitrogen and oxygen atoms in total. The van der Waals surface area contributed by atoms with Crippen LogP contribution in [-0.2, 0) is 25.6 Å². The standard InChI is InChI=1S/C23H29NO5/c1-23(2,3)29-21(26)16-24(15-20(25)22(27)28-4)14-17-10-12-19(13-11-17)18-8-6-5-7-9-18/h5-13,20,25H,14-16H2,1-4H3/t20-/m1/s1. The Bertz CT molecular complexity index is 796. The fraction of sp³-hybridized carbons (Fsp3) is 0.391. The van der Waals surface area contributed by atoms with Crippen molar-refractivity contribution in [3.05, 3.63) is 60.2 Å². The molecular formula is C23H29NO5. The van der Waals surface area contributed by atoms with Gasteiger partial charge < -0.3 is 14.6 Å². The second kappa shape index (κ2) is 10.2. The van der Waals surface area contributed by atoms with Crippen molar-refractivity contribution in [1.82, 2.24) is 4.90 Å². The summed E-state index contributed by atoms with van der Waals surface area (Å²) in [4.78, 5) is 25.5. The molecule has 0 saturated heterocycles. The number of benzene rings is 2. The summed E-state index contributed by atoms with van der Waals surface area (Å²) in [5.74, 6) is -1.16. The van der Waals surface area contributed by atoms with Gasteiger partial charge in [-0.3, -0.25) is 9.69 Å². The third-order valence-corrected chi connectivity index (χ3v) is 4.14. The molecule has 0 bridgehead atoms. The Balaban J connectivity index is 2.11. The topological polar surface area (TPSA) is 76.1 Å². The molecule has 6 heteroatoms. The van der Waals surface area contributed by atoms with E-state index in [0.29, 0.717) is 6.54 Å². The van der Waals surface area contributed by atoms with Crippen LogP contribution in [0.25, 0.3) is 11.1 Å². The van der Waals surface area contributed by atoms with Crippen molar-refractivity contribution < 1.29 is 24.2 Å². The van der Waals surface area contributed by atoms with E-state index in [4.69, 9.17) is 4.74 Å². The van der Waals surface area contributed by atoms with Gasteiger partial charge in [0, 0.05) is 13.1 Å². The van der Waals surface area contributed by atoms with Crippen LogP contribution >= 0.6 is 0 Å². The Morgan fingerprint density at radius 2 is 1.59 bits per heavy atom. The summed E-state index contributed by atoms with van der Waals surface area (Å²) in [5, 5.41) is 10.0. The maximum absolute atomic E-state index is 12.3. The van der Waals surface area contributed by atoms with Crippen LogP contribution in [0.2, 0.25) is 0 Å². The lowest BCUT2D eigenvalue weighted by atomic mass is 10.0. The molecule has 1 atom stereocenters. The largest absolute Gasteiger partial charge is 0.467 e. The lowest BCUT2D eigenvalue weighted by Crippen LogP contribution is -2.41. The molecule has 0 amide bonds. The van der Waals surface area contributed by atoms with E-state index in [0.717, 1.165) is 16.7 Å². The van der Waals surface area contributed by atoms with Crippen molar-refractivity contribution in [2.24, 2.45) is 0 Å². The summed E-state index contributed by atoms with van der Waals surface area (Å²) in [5.41, 5.74) is 2.54. The van der Waals surface area contributed by atoms with Crippen molar-refractivity contribution in [3.63, 3.8) is 0 Å². The SMILES string of the molecule is COC(=O)[C@H](O)CN(CC(=O)OC(C)(C)C)Cc1ccc(-c2ccccc2)cc1. The van der Waals surface area contributed by atoms with E-state index in [1.54, 1.807) is 25.7 Å². The van der Waals surface area contributed by atoms with Crippen LogP contribution in [-0.4, -0.2) is 53.8 Å². The predicted octanol–water partition coefficient (Wildman–Crippen LogP) is 3.03. The zero-order valence-corrected chi connectivity index (χ0v) is 17.4. The average Bonchev–Trinajstić information content (AvgIpc) is 2.67. The van der Waals surface area contributed by atoms with Gasteiger partial charge in [0.2, 0.25) is 0 Å². The number of esters is 2. The quantitative estimate of drug-likeness (QED) is 0.688. The van der Waals surface area contributed by atoms with Gasteiger partial charge in [0.1, 0.15) is 5.60 Å². The van der Waals surface area contributed by atoms with Crippen molar-refractivity contribution in [2.45, 2.75) is 39.0 Å². The van der Waals surface area contributed by atoms with Crippen LogP contribution in [0.15, 0.2) is 54.6 Å². The highest BCUT2D eigenvalue weighted by molar-refractivity contribution is 5.75. The van der Waals surface area contributed by atoms with Gasteiger partial charge in [-0.1, -0.05) is 54.6 Å². The van der Waals surface area contributed by atoms with Gasteiger partial charge in [-0.2, -0.15) is 0 Å². The van der Waals surface area contributed by atoms with Crippen LogP contribution in [0.4, 0.5) is 0 Å². The molecule has 0 aliphatic carbocycles. The monoisotopic (exact) mass is 399 g/mol. The number of ether oxygens (including phenoxy) is 2. The van der Waals surface area contributed by atoms with Crippen molar-refractivity contribution in [2.75, 3.05) is 20.2 Å². The summed E-state index contributed by atoms with van der Waals surface area (Å²) in [6.07, 6.45) is -1.34. The first-order valence-corrected chi connectivity index (χ1v) is 9.52. The third kappa shape index (κ3) is 7.68. The highest BCUT2D eigenvalue weighted by Crippen LogP contribution is 2.20. The summed E-state index contributed by atoms with van der Waals surface area (Å²) >= 11 is 0. The fourth-order valence-electron chi connectivity index (χ4n) is 2.89. The second-order valence-corrected chi connectivity index (χ2v) is 7.86. The highest BCUT2D eigenvalue weighted by Gasteiger charge is 2.24. The van der Waals surface area contributed by atoms with Crippen molar-refractivity contribution in [3.8, 4) is 11.1 Å². The van der Waals surface area contributed by atoms with E-state index in [1.807, 2.05) is 54.6 Å². The van der Waals surface area contributed by atoms with E-state index in [9.17, 15) is 14.7 Å². The van der Waals surface area contributed by atoms with Crippen LogP contribution in [0.5, 0.6) is 0 Å². The zero-order chi connectivity index (χ0) is 21.4. The summed E-state index contributed by atoms with van der Waals surface area (Å²) < 4.78 is 9.95. The summed E-state index contributed by atoms with van der Waals surface area (Å²) in [6, 6.07) is 18.0. The van der Waals surface area contributed by atoms with E-state index in [2.05, 4.69) is 4.74 Å². The number of aliphatic hydroxyl groups excluding tert-OH is 1. The normalized spacial score (nSPS) is 12.5. The number of carbonyl (C=O) groups excluding carboxylic acids is 2. The maximum atomic E-state index is 12.3. The first-order valence-electron chi connectivity index (χ1n) is 9.52. The third-order valence-electron chi connectivity index (χ3n) is 4.14. The lowest BCUT2D eigenvalue weighted by molar-refractivity contribution is -0.159. The maximum Gasteiger partial charge on any atom is 0.336 e. The lowest BCUT2D eigenvalue weighted by Gasteiger charge is -2.26. The number of hydrogen-bond donors (Lipinski definition) is 1. The molecule has 2 aromatic rings. The summed E-state index contributed by atoms with van der Waals surface area (Å²) in [7, 11) is 1.21. The van der Waals surface area contributed by atoms with Gasteiger partial charge in [-0.25, -0.2) is 4.79 Å². The molecule has 29 heavy (non-hydrogen) atoms. The van der Waals surface area contributed by atoms with Crippen LogP contribution in [0.3, 0.4) is 0 Å². The van der Waals surface area contributed by atoms with E-state index in [1.165, 1.54) is 7.11 Å². The Morgan fingerprint density at radius 1 is 1.00 bits per heavy atom. The molecule has 0 aliphatic rings. The molecule has 0 spiro atoms. The minimum atomic E-state index is -1.34. The van der Waals surface area contributed by atoms with Crippen molar-refractivity contribution in [1.29, 1.82) is 0 Å². The smallest absolute Gasteiger partial charge is 0.336 e. The van der Waals surface area contributed by atoms with Gasteiger partial charge >= 0.3 is 11.9 Å². The molecule has 1 N–H and O–H groups in total. The van der Waals surface area contributed by atoms with Gasteiger partial charge in [0.25, 0.3) is 0 Å². The van der Waals surface area contributed by atoms with Gasteiger partial charge in [-0.05, 0) is 37.5 Å². The molecular weight excluding hydrogens is 370 g/mol.